The van der Waals surface area contributed by atoms with E-state index in [-0.39, 0.29) is 5.91 Å². The van der Waals surface area contributed by atoms with Crippen LogP contribution in [0.4, 0.5) is 5.69 Å². The highest BCUT2D eigenvalue weighted by molar-refractivity contribution is 7.13. The average Bonchev–Trinajstić information content (AvgIpc) is 3.37. The van der Waals surface area contributed by atoms with Gasteiger partial charge in [0.1, 0.15) is 29.7 Å². The quantitative estimate of drug-likeness (QED) is 0.749. The topological polar surface area (TPSA) is 69.7 Å². The Hall–Kier alpha value is -3.06. The fourth-order valence-corrected chi connectivity index (χ4v) is 4.09. The summed E-state index contributed by atoms with van der Waals surface area (Å²) < 4.78 is 16.7. The minimum Gasteiger partial charge on any atom is -0.493 e. The molecule has 0 aliphatic carbocycles. The first-order chi connectivity index (χ1) is 13.3. The van der Waals surface area contributed by atoms with Gasteiger partial charge in [-0.05, 0) is 18.2 Å². The first-order valence-corrected chi connectivity index (χ1v) is 9.57. The molecule has 7 heteroatoms. The van der Waals surface area contributed by atoms with Crippen molar-refractivity contribution in [1.29, 1.82) is 0 Å². The number of carbonyl (C=O) groups is 1. The number of fused-ring (bicyclic) bond motifs is 2. The molecule has 3 aromatic rings. The minimum atomic E-state index is -0.252. The molecule has 2 aliphatic rings. The Morgan fingerprint density at radius 1 is 1.00 bits per heavy atom. The molecule has 0 saturated carbocycles. The second-order valence-electron chi connectivity index (χ2n) is 6.23. The average molecular weight is 380 g/mol. The Kier molecular flexibility index (Phi) is 3.94. The van der Waals surface area contributed by atoms with Crippen molar-refractivity contribution >= 4 is 22.9 Å². The van der Waals surface area contributed by atoms with Crippen LogP contribution in [0.25, 0.3) is 10.6 Å². The number of nitrogens with zero attached hydrogens (tertiary/aromatic N) is 1. The third-order valence-corrected chi connectivity index (χ3v) is 5.39. The van der Waals surface area contributed by atoms with Crippen molar-refractivity contribution in [3.63, 3.8) is 0 Å². The maximum Gasteiger partial charge on any atom is 0.275 e. The lowest BCUT2D eigenvalue weighted by Gasteiger charge is -2.18. The van der Waals surface area contributed by atoms with E-state index in [2.05, 4.69) is 10.3 Å². The summed E-state index contributed by atoms with van der Waals surface area (Å²) in [6, 6.07) is 11.3. The number of anilines is 1. The van der Waals surface area contributed by atoms with Gasteiger partial charge in [0, 0.05) is 34.7 Å². The molecule has 136 valence electrons. The molecule has 1 amide bonds. The molecule has 5 rings (SSSR count). The third-order valence-electron chi connectivity index (χ3n) is 4.51. The molecule has 2 aliphatic heterocycles. The lowest BCUT2D eigenvalue weighted by atomic mass is 10.1. The smallest absolute Gasteiger partial charge is 0.275 e. The number of benzene rings is 2. The number of aromatic nitrogens is 1. The minimum absolute atomic E-state index is 0.252. The number of rotatable bonds is 3. The molecule has 6 nitrogen and oxygen atoms in total. The normalized spacial score (nSPS) is 14.4. The highest BCUT2D eigenvalue weighted by Gasteiger charge is 2.20. The highest BCUT2D eigenvalue weighted by Crippen LogP contribution is 2.36. The standard InChI is InChI=1S/C20H16N2O4S/c23-19(21-12-4-5-17-18(10-12)26-9-8-25-17)15-11-27-20(22-15)14-2-1-3-16-13(14)6-7-24-16/h1-5,10-11H,6-9H2,(H,21,23). The predicted molar refractivity (Wildman–Crippen MR) is 102 cm³/mol. The van der Waals surface area contributed by atoms with Crippen molar-refractivity contribution in [2.24, 2.45) is 0 Å². The van der Waals surface area contributed by atoms with Gasteiger partial charge in [0.15, 0.2) is 11.5 Å². The number of hydrogen-bond donors (Lipinski definition) is 1. The monoisotopic (exact) mass is 380 g/mol. The molecule has 0 radical (unpaired) electrons. The summed E-state index contributed by atoms with van der Waals surface area (Å²) in [6.45, 7) is 1.73. The zero-order chi connectivity index (χ0) is 18.2. The summed E-state index contributed by atoms with van der Waals surface area (Å²) in [5.41, 5.74) is 3.23. The van der Waals surface area contributed by atoms with Crippen molar-refractivity contribution in [3.8, 4) is 27.8 Å². The number of nitrogens with one attached hydrogen (secondary N) is 1. The van der Waals surface area contributed by atoms with Crippen molar-refractivity contribution in [2.75, 3.05) is 25.1 Å². The summed E-state index contributed by atoms with van der Waals surface area (Å²) in [7, 11) is 0. The Labute approximate surface area is 159 Å². The SMILES string of the molecule is O=C(Nc1ccc2c(c1)OCCO2)c1csc(-c2cccc3c2CCO3)n1. The van der Waals surface area contributed by atoms with E-state index in [9.17, 15) is 4.79 Å². The number of amides is 1. The fraction of sp³-hybridized carbons (Fsp3) is 0.200. The maximum atomic E-state index is 12.6. The molecule has 27 heavy (non-hydrogen) atoms. The lowest BCUT2D eigenvalue weighted by molar-refractivity contribution is 0.102. The van der Waals surface area contributed by atoms with Crippen molar-refractivity contribution in [1.82, 2.24) is 4.98 Å². The second-order valence-corrected chi connectivity index (χ2v) is 7.09. The molecular formula is C20H16N2O4S. The molecule has 0 unspecified atom stereocenters. The van der Waals surface area contributed by atoms with Crippen molar-refractivity contribution in [2.45, 2.75) is 6.42 Å². The fourth-order valence-electron chi connectivity index (χ4n) is 3.24. The largest absolute Gasteiger partial charge is 0.493 e. The first-order valence-electron chi connectivity index (χ1n) is 8.69. The van der Waals surface area contributed by atoms with Crippen LogP contribution in [0.15, 0.2) is 41.8 Å². The number of ether oxygens (including phenoxy) is 3. The van der Waals surface area contributed by atoms with Crippen LogP contribution in [0.3, 0.4) is 0 Å². The van der Waals surface area contributed by atoms with Gasteiger partial charge in [-0.3, -0.25) is 4.79 Å². The van der Waals surface area contributed by atoms with Gasteiger partial charge < -0.3 is 19.5 Å². The lowest BCUT2D eigenvalue weighted by Crippen LogP contribution is -2.16. The van der Waals surface area contributed by atoms with E-state index in [0.29, 0.717) is 42.7 Å². The summed E-state index contributed by atoms with van der Waals surface area (Å²) in [6.07, 6.45) is 0.865. The van der Waals surface area contributed by atoms with Gasteiger partial charge in [0.2, 0.25) is 0 Å². The van der Waals surface area contributed by atoms with E-state index < -0.39 is 0 Å². The van der Waals surface area contributed by atoms with E-state index in [4.69, 9.17) is 14.2 Å². The van der Waals surface area contributed by atoms with Crippen LogP contribution in [0.2, 0.25) is 0 Å². The number of hydrogen-bond acceptors (Lipinski definition) is 6. The van der Waals surface area contributed by atoms with Crippen LogP contribution in [0, 0.1) is 0 Å². The van der Waals surface area contributed by atoms with Gasteiger partial charge >= 0.3 is 0 Å². The van der Waals surface area contributed by atoms with Gasteiger partial charge in [-0.25, -0.2) is 4.98 Å². The summed E-state index contributed by atoms with van der Waals surface area (Å²) in [5, 5.41) is 5.47. The zero-order valence-electron chi connectivity index (χ0n) is 14.4. The van der Waals surface area contributed by atoms with Gasteiger partial charge in [-0.15, -0.1) is 11.3 Å². The molecule has 0 fully saturated rings. The molecule has 2 aromatic carbocycles. The molecule has 1 aromatic heterocycles. The molecule has 0 bridgehead atoms. The summed E-state index contributed by atoms with van der Waals surface area (Å²) in [4.78, 5) is 17.1. The molecule has 0 atom stereocenters. The Morgan fingerprint density at radius 2 is 1.85 bits per heavy atom. The first kappa shape index (κ1) is 16.1. The molecule has 0 spiro atoms. The van der Waals surface area contributed by atoms with E-state index in [1.54, 1.807) is 23.6 Å². The molecule has 3 heterocycles. The summed E-state index contributed by atoms with van der Waals surface area (Å²) in [5.74, 6) is 1.98. The van der Waals surface area contributed by atoms with Crippen LogP contribution < -0.4 is 19.5 Å². The zero-order valence-corrected chi connectivity index (χ0v) is 15.2. The van der Waals surface area contributed by atoms with Gasteiger partial charge in [0.25, 0.3) is 5.91 Å². The van der Waals surface area contributed by atoms with E-state index in [1.807, 2.05) is 18.2 Å². The van der Waals surface area contributed by atoms with Crippen LogP contribution in [-0.2, 0) is 6.42 Å². The van der Waals surface area contributed by atoms with Crippen molar-refractivity contribution < 1.29 is 19.0 Å². The maximum absolute atomic E-state index is 12.6. The van der Waals surface area contributed by atoms with E-state index in [1.165, 1.54) is 11.3 Å². The summed E-state index contributed by atoms with van der Waals surface area (Å²) >= 11 is 1.46. The van der Waals surface area contributed by atoms with E-state index in [0.717, 1.165) is 28.3 Å². The van der Waals surface area contributed by atoms with Gasteiger partial charge in [-0.2, -0.15) is 0 Å². The Morgan fingerprint density at radius 3 is 2.78 bits per heavy atom. The molecule has 0 saturated heterocycles. The van der Waals surface area contributed by atoms with Gasteiger partial charge in [-0.1, -0.05) is 12.1 Å². The van der Waals surface area contributed by atoms with Crippen molar-refractivity contribution in [3.05, 3.63) is 53.0 Å². The Bertz CT molecular complexity index is 1030. The van der Waals surface area contributed by atoms with E-state index >= 15 is 0 Å². The second kappa shape index (κ2) is 6.59. The third kappa shape index (κ3) is 3.00. The molecule has 1 N–H and O–H groups in total. The number of carbonyl (C=O) groups excluding carboxylic acids is 1. The van der Waals surface area contributed by atoms with Crippen LogP contribution in [0.1, 0.15) is 16.1 Å². The Balaban J connectivity index is 1.37. The van der Waals surface area contributed by atoms with Gasteiger partial charge in [0.05, 0.1) is 6.61 Å². The van der Waals surface area contributed by atoms with Crippen LogP contribution >= 0.6 is 11.3 Å². The number of thiazole rings is 1. The highest BCUT2D eigenvalue weighted by atomic mass is 32.1. The van der Waals surface area contributed by atoms with Crippen LogP contribution in [-0.4, -0.2) is 30.7 Å². The van der Waals surface area contributed by atoms with Crippen LogP contribution in [0.5, 0.6) is 17.2 Å². The predicted octanol–water partition coefficient (Wildman–Crippen LogP) is 3.77. The molecular weight excluding hydrogens is 364 g/mol.